The summed E-state index contributed by atoms with van der Waals surface area (Å²) in [6.45, 7) is -0.154. The van der Waals surface area contributed by atoms with Gasteiger partial charge in [0.25, 0.3) is 5.91 Å². The Hall–Kier alpha value is -1.55. The SMILES string of the molecule is O=C(N[C@H](CO)Cc1ccccc1)c1cc(Cl)ccc1Cl. The molecule has 2 aromatic rings. The van der Waals surface area contributed by atoms with Gasteiger partial charge in [-0.25, -0.2) is 0 Å². The van der Waals surface area contributed by atoms with Gasteiger partial charge >= 0.3 is 0 Å². The van der Waals surface area contributed by atoms with Crippen LogP contribution in [-0.2, 0) is 6.42 Å². The first-order valence-corrected chi connectivity index (χ1v) is 7.26. The van der Waals surface area contributed by atoms with Gasteiger partial charge < -0.3 is 10.4 Å². The highest BCUT2D eigenvalue weighted by atomic mass is 35.5. The van der Waals surface area contributed by atoms with Crippen molar-refractivity contribution in [1.29, 1.82) is 0 Å². The summed E-state index contributed by atoms with van der Waals surface area (Å²) in [4.78, 5) is 12.2. The van der Waals surface area contributed by atoms with Crippen molar-refractivity contribution >= 4 is 29.1 Å². The number of nitrogens with one attached hydrogen (secondary N) is 1. The van der Waals surface area contributed by atoms with E-state index in [0.29, 0.717) is 22.0 Å². The van der Waals surface area contributed by atoms with Crippen molar-refractivity contribution in [3.05, 3.63) is 69.7 Å². The van der Waals surface area contributed by atoms with E-state index in [-0.39, 0.29) is 18.6 Å². The van der Waals surface area contributed by atoms with Gasteiger partial charge in [-0.1, -0.05) is 53.5 Å². The monoisotopic (exact) mass is 323 g/mol. The van der Waals surface area contributed by atoms with E-state index in [1.807, 2.05) is 30.3 Å². The molecule has 0 saturated carbocycles. The van der Waals surface area contributed by atoms with Gasteiger partial charge in [0.2, 0.25) is 0 Å². The maximum Gasteiger partial charge on any atom is 0.253 e. The molecule has 2 rings (SSSR count). The lowest BCUT2D eigenvalue weighted by Gasteiger charge is -2.17. The van der Waals surface area contributed by atoms with Gasteiger partial charge in [-0.05, 0) is 30.2 Å². The number of carbonyl (C=O) groups excluding carboxylic acids is 1. The summed E-state index contributed by atoms with van der Waals surface area (Å²) in [5.74, 6) is -0.350. The highest BCUT2D eigenvalue weighted by molar-refractivity contribution is 6.35. The van der Waals surface area contributed by atoms with E-state index in [0.717, 1.165) is 5.56 Å². The summed E-state index contributed by atoms with van der Waals surface area (Å²) in [7, 11) is 0. The first-order valence-electron chi connectivity index (χ1n) is 6.51. The topological polar surface area (TPSA) is 49.3 Å². The van der Waals surface area contributed by atoms with Crippen LogP contribution in [-0.4, -0.2) is 23.7 Å². The van der Waals surface area contributed by atoms with E-state index in [1.54, 1.807) is 12.1 Å². The fraction of sp³-hybridized carbons (Fsp3) is 0.188. The van der Waals surface area contributed by atoms with Gasteiger partial charge in [-0.3, -0.25) is 4.79 Å². The zero-order chi connectivity index (χ0) is 15.2. The Morgan fingerprint density at radius 3 is 2.52 bits per heavy atom. The maximum atomic E-state index is 12.2. The zero-order valence-corrected chi connectivity index (χ0v) is 12.7. The van der Waals surface area contributed by atoms with Gasteiger partial charge in [0, 0.05) is 5.02 Å². The molecule has 0 spiro atoms. The maximum absolute atomic E-state index is 12.2. The van der Waals surface area contributed by atoms with Crippen LogP contribution in [0.2, 0.25) is 10.0 Å². The lowest BCUT2D eigenvalue weighted by atomic mass is 10.1. The van der Waals surface area contributed by atoms with E-state index in [9.17, 15) is 9.90 Å². The Morgan fingerprint density at radius 1 is 1.14 bits per heavy atom. The number of aliphatic hydroxyl groups is 1. The predicted molar refractivity (Wildman–Crippen MR) is 84.9 cm³/mol. The normalized spacial score (nSPS) is 12.0. The van der Waals surface area contributed by atoms with Gasteiger partial charge in [-0.15, -0.1) is 0 Å². The van der Waals surface area contributed by atoms with Crippen molar-refractivity contribution in [3.63, 3.8) is 0 Å². The largest absolute Gasteiger partial charge is 0.394 e. The lowest BCUT2D eigenvalue weighted by Crippen LogP contribution is -2.39. The lowest BCUT2D eigenvalue weighted by molar-refractivity contribution is 0.0916. The third-order valence-electron chi connectivity index (χ3n) is 3.05. The molecule has 21 heavy (non-hydrogen) atoms. The van der Waals surface area contributed by atoms with Crippen LogP contribution in [0, 0.1) is 0 Å². The van der Waals surface area contributed by atoms with Crippen LogP contribution >= 0.6 is 23.2 Å². The van der Waals surface area contributed by atoms with Crippen LogP contribution in [0.25, 0.3) is 0 Å². The molecule has 0 aliphatic rings. The third-order valence-corrected chi connectivity index (χ3v) is 3.62. The van der Waals surface area contributed by atoms with E-state index in [4.69, 9.17) is 23.2 Å². The van der Waals surface area contributed by atoms with Crippen LogP contribution in [0.15, 0.2) is 48.5 Å². The number of aliphatic hydroxyl groups excluding tert-OH is 1. The highest BCUT2D eigenvalue weighted by Crippen LogP contribution is 2.20. The minimum atomic E-state index is -0.380. The van der Waals surface area contributed by atoms with Gasteiger partial charge in [-0.2, -0.15) is 0 Å². The minimum Gasteiger partial charge on any atom is -0.394 e. The number of carbonyl (C=O) groups is 1. The van der Waals surface area contributed by atoms with E-state index < -0.39 is 0 Å². The molecular formula is C16H15Cl2NO2. The number of hydrogen-bond donors (Lipinski definition) is 2. The molecule has 2 N–H and O–H groups in total. The number of benzene rings is 2. The molecule has 0 radical (unpaired) electrons. The smallest absolute Gasteiger partial charge is 0.253 e. The number of rotatable bonds is 5. The molecule has 2 aromatic carbocycles. The Labute approximate surface area is 133 Å². The van der Waals surface area contributed by atoms with Crippen molar-refractivity contribution in [3.8, 4) is 0 Å². The molecule has 0 aliphatic carbocycles. The molecule has 0 unspecified atom stereocenters. The summed E-state index contributed by atoms with van der Waals surface area (Å²) in [6, 6.07) is 14.0. The Bertz CT molecular complexity index is 617. The van der Waals surface area contributed by atoms with Crippen molar-refractivity contribution in [2.24, 2.45) is 0 Å². The predicted octanol–water partition coefficient (Wildman–Crippen LogP) is 3.33. The first kappa shape index (κ1) is 15.8. The number of amides is 1. The summed E-state index contributed by atoms with van der Waals surface area (Å²) in [6.07, 6.45) is 0.543. The van der Waals surface area contributed by atoms with Crippen molar-refractivity contribution < 1.29 is 9.90 Å². The fourth-order valence-electron chi connectivity index (χ4n) is 1.99. The molecule has 0 heterocycles. The molecule has 3 nitrogen and oxygen atoms in total. The van der Waals surface area contributed by atoms with Crippen molar-refractivity contribution in [2.75, 3.05) is 6.61 Å². The average Bonchev–Trinajstić information content (AvgIpc) is 2.50. The summed E-state index contributed by atoms with van der Waals surface area (Å²) < 4.78 is 0. The van der Waals surface area contributed by atoms with Gasteiger partial charge in [0.1, 0.15) is 0 Å². The molecule has 110 valence electrons. The van der Waals surface area contributed by atoms with E-state index in [1.165, 1.54) is 6.07 Å². The molecule has 1 amide bonds. The second-order valence-electron chi connectivity index (χ2n) is 4.67. The fourth-order valence-corrected chi connectivity index (χ4v) is 2.37. The molecule has 0 saturated heterocycles. The molecule has 0 aromatic heterocycles. The van der Waals surface area contributed by atoms with Crippen LogP contribution < -0.4 is 5.32 Å². The third kappa shape index (κ3) is 4.46. The van der Waals surface area contributed by atoms with Crippen LogP contribution in [0.1, 0.15) is 15.9 Å². The van der Waals surface area contributed by atoms with E-state index in [2.05, 4.69) is 5.32 Å². The number of halogens is 2. The van der Waals surface area contributed by atoms with Crippen LogP contribution in [0.4, 0.5) is 0 Å². The van der Waals surface area contributed by atoms with Gasteiger partial charge in [0.15, 0.2) is 0 Å². The Kier molecular flexibility index (Phi) is 5.62. The first-order chi connectivity index (χ1) is 10.1. The molecule has 0 aliphatic heterocycles. The Balaban J connectivity index is 2.07. The second kappa shape index (κ2) is 7.46. The standard InChI is InChI=1S/C16H15Cl2NO2/c17-12-6-7-15(18)14(9-12)16(21)19-13(10-20)8-11-4-2-1-3-5-11/h1-7,9,13,20H,8,10H2,(H,19,21)/t13-/m0/s1. The highest BCUT2D eigenvalue weighted by Gasteiger charge is 2.16. The summed E-state index contributed by atoms with van der Waals surface area (Å²) >= 11 is 11.9. The summed E-state index contributed by atoms with van der Waals surface area (Å²) in [5.41, 5.74) is 1.34. The van der Waals surface area contributed by atoms with Crippen LogP contribution in [0.5, 0.6) is 0 Å². The average molecular weight is 324 g/mol. The molecule has 0 fully saturated rings. The molecule has 0 bridgehead atoms. The summed E-state index contributed by atoms with van der Waals surface area (Å²) in [5, 5.41) is 13.0. The zero-order valence-electron chi connectivity index (χ0n) is 11.2. The van der Waals surface area contributed by atoms with Crippen molar-refractivity contribution in [1.82, 2.24) is 5.32 Å². The minimum absolute atomic E-state index is 0.154. The molecule has 5 heteroatoms. The number of hydrogen-bond acceptors (Lipinski definition) is 2. The van der Waals surface area contributed by atoms with E-state index >= 15 is 0 Å². The molecular weight excluding hydrogens is 309 g/mol. The van der Waals surface area contributed by atoms with Gasteiger partial charge in [0.05, 0.1) is 23.2 Å². The second-order valence-corrected chi connectivity index (χ2v) is 5.51. The van der Waals surface area contributed by atoms with Crippen molar-refractivity contribution in [2.45, 2.75) is 12.5 Å². The quantitative estimate of drug-likeness (QED) is 0.886. The van der Waals surface area contributed by atoms with Crippen LogP contribution in [0.3, 0.4) is 0 Å². The Morgan fingerprint density at radius 2 is 1.86 bits per heavy atom. The molecule has 1 atom stereocenters.